The molecule has 7 nitrogen and oxygen atoms in total. The molecule has 0 aliphatic heterocycles. The molecule has 0 spiro atoms. The standard InChI is InChI=1S/C29H24BrNO6/c30-18-6-5-7-19(14-18)35-16-21-13-12-20(37-21)15-27(28(32)33)31-29(34)36-17-26-24-10-3-1-8-22(24)23-9-2-4-11-25(23)26/h1-14,26-27H,15-17H2,(H,31,34)(H,32,33). The van der Waals surface area contributed by atoms with Crippen LogP contribution in [0.2, 0.25) is 0 Å². The predicted molar refractivity (Wildman–Crippen MR) is 141 cm³/mol. The summed E-state index contributed by atoms with van der Waals surface area (Å²) in [4.78, 5) is 24.4. The number of hydrogen-bond acceptors (Lipinski definition) is 5. The van der Waals surface area contributed by atoms with E-state index in [9.17, 15) is 14.7 Å². The molecule has 8 heteroatoms. The zero-order valence-corrected chi connectivity index (χ0v) is 21.3. The van der Waals surface area contributed by atoms with Gasteiger partial charge in [-0.25, -0.2) is 9.59 Å². The first kappa shape index (κ1) is 24.6. The van der Waals surface area contributed by atoms with Gasteiger partial charge in [0.05, 0.1) is 0 Å². The second-order valence-electron chi connectivity index (χ2n) is 8.68. The van der Waals surface area contributed by atoms with Crippen LogP contribution in [0.25, 0.3) is 11.1 Å². The van der Waals surface area contributed by atoms with Crippen molar-refractivity contribution in [2.45, 2.75) is 25.0 Å². The van der Waals surface area contributed by atoms with Crippen LogP contribution in [0.1, 0.15) is 28.6 Å². The number of carboxylic acid groups (broad SMARTS) is 1. The minimum atomic E-state index is -1.21. The topological polar surface area (TPSA) is 98.0 Å². The molecular formula is C29H24BrNO6. The van der Waals surface area contributed by atoms with Gasteiger partial charge in [-0.1, -0.05) is 70.5 Å². The summed E-state index contributed by atoms with van der Waals surface area (Å²) in [6.45, 7) is 0.290. The summed E-state index contributed by atoms with van der Waals surface area (Å²) in [5, 5.41) is 12.1. The first-order chi connectivity index (χ1) is 18.0. The second-order valence-corrected chi connectivity index (χ2v) is 9.59. The van der Waals surface area contributed by atoms with E-state index in [-0.39, 0.29) is 25.6 Å². The number of rotatable bonds is 9. The van der Waals surface area contributed by atoms with Crippen molar-refractivity contribution in [2.24, 2.45) is 0 Å². The summed E-state index contributed by atoms with van der Waals surface area (Å²) in [5.41, 5.74) is 4.40. The largest absolute Gasteiger partial charge is 0.486 e. The molecule has 1 atom stereocenters. The normalized spacial score (nSPS) is 12.9. The third kappa shape index (κ3) is 5.70. The van der Waals surface area contributed by atoms with Gasteiger partial charge in [-0.15, -0.1) is 0 Å². The number of benzene rings is 3. The Morgan fingerprint density at radius 3 is 2.27 bits per heavy atom. The molecular weight excluding hydrogens is 538 g/mol. The molecule has 2 N–H and O–H groups in total. The lowest BCUT2D eigenvalue weighted by molar-refractivity contribution is -0.139. The maximum absolute atomic E-state index is 12.6. The quantitative estimate of drug-likeness (QED) is 0.254. The van der Waals surface area contributed by atoms with Gasteiger partial charge in [0.1, 0.15) is 36.5 Å². The van der Waals surface area contributed by atoms with Crippen LogP contribution >= 0.6 is 15.9 Å². The molecule has 1 unspecified atom stereocenters. The number of furan rings is 1. The van der Waals surface area contributed by atoms with E-state index in [1.165, 1.54) is 0 Å². The lowest BCUT2D eigenvalue weighted by atomic mass is 9.98. The van der Waals surface area contributed by atoms with Crippen molar-refractivity contribution in [2.75, 3.05) is 6.61 Å². The van der Waals surface area contributed by atoms with E-state index < -0.39 is 18.1 Å². The molecule has 1 amide bonds. The zero-order chi connectivity index (χ0) is 25.8. The van der Waals surface area contributed by atoms with E-state index in [1.54, 1.807) is 12.1 Å². The number of carbonyl (C=O) groups excluding carboxylic acids is 1. The summed E-state index contributed by atoms with van der Waals surface area (Å²) in [5.74, 6) is 0.336. The Morgan fingerprint density at radius 1 is 0.919 bits per heavy atom. The van der Waals surface area contributed by atoms with Crippen LogP contribution in [-0.2, 0) is 22.6 Å². The van der Waals surface area contributed by atoms with Gasteiger partial charge in [0, 0.05) is 16.8 Å². The van der Waals surface area contributed by atoms with Crippen molar-refractivity contribution >= 4 is 28.0 Å². The lowest BCUT2D eigenvalue weighted by Crippen LogP contribution is -2.42. The van der Waals surface area contributed by atoms with Gasteiger partial charge < -0.3 is 24.3 Å². The number of fused-ring (bicyclic) bond motifs is 3. The van der Waals surface area contributed by atoms with E-state index in [4.69, 9.17) is 13.9 Å². The van der Waals surface area contributed by atoms with Gasteiger partial charge in [0.15, 0.2) is 0 Å². The number of halogens is 1. The predicted octanol–water partition coefficient (Wildman–Crippen LogP) is 6.16. The number of nitrogens with one attached hydrogen (secondary N) is 1. The van der Waals surface area contributed by atoms with Crippen LogP contribution in [0.15, 0.2) is 93.8 Å². The Balaban J connectivity index is 1.17. The summed E-state index contributed by atoms with van der Waals surface area (Å²) in [7, 11) is 0. The molecule has 0 saturated heterocycles. The summed E-state index contributed by atoms with van der Waals surface area (Å²) >= 11 is 3.39. The minimum absolute atomic E-state index is 0.0313. The average molecular weight is 562 g/mol. The fraction of sp³-hybridized carbons (Fsp3) is 0.172. The zero-order valence-electron chi connectivity index (χ0n) is 19.7. The van der Waals surface area contributed by atoms with Gasteiger partial charge in [-0.3, -0.25) is 0 Å². The van der Waals surface area contributed by atoms with Gasteiger partial charge in [0.25, 0.3) is 0 Å². The molecule has 37 heavy (non-hydrogen) atoms. The minimum Gasteiger partial charge on any atom is -0.486 e. The Hall–Kier alpha value is -4.04. The highest BCUT2D eigenvalue weighted by Crippen LogP contribution is 2.44. The van der Waals surface area contributed by atoms with Gasteiger partial charge in [-0.05, 0) is 52.6 Å². The molecule has 0 saturated carbocycles. The van der Waals surface area contributed by atoms with Crippen LogP contribution in [0.3, 0.4) is 0 Å². The molecule has 1 aliphatic carbocycles. The number of ether oxygens (including phenoxy) is 2. The monoisotopic (exact) mass is 561 g/mol. The smallest absolute Gasteiger partial charge is 0.407 e. The highest BCUT2D eigenvalue weighted by molar-refractivity contribution is 9.10. The number of carboxylic acids is 1. The Bertz CT molecular complexity index is 1390. The number of carbonyl (C=O) groups is 2. The highest BCUT2D eigenvalue weighted by atomic mass is 79.9. The number of alkyl carbamates (subject to hydrolysis) is 1. The second kappa shape index (κ2) is 10.9. The fourth-order valence-corrected chi connectivity index (χ4v) is 4.88. The van der Waals surface area contributed by atoms with Gasteiger partial charge >= 0.3 is 12.1 Å². The highest BCUT2D eigenvalue weighted by Gasteiger charge is 2.30. The number of hydrogen-bond donors (Lipinski definition) is 2. The van der Waals surface area contributed by atoms with Crippen LogP contribution in [0.5, 0.6) is 5.75 Å². The molecule has 5 rings (SSSR count). The number of amides is 1. The van der Waals surface area contributed by atoms with Crippen molar-refractivity contribution in [1.29, 1.82) is 0 Å². The van der Waals surface area contributed by atoms with E-state index >= 15 is 0 Å². The molecule has 1 heterocycles. The maximum Gasteiger partial charge on any atom is 0.407 e. The third-order valence-electron chi connectivity index (χ3n) is 6.23. The molecule has 4 aromatic rings. The van der Waals surface area contributed by atoms with Crippen molar-refractivity contribution in [1.82, 2.24) is 5.32 Å². The van der Waals surface area contributed by atoms with Gasteiger partial charge in [-0.2, -0.15) is 0 Å². The van der Waals surface area contributed by atoms with Crippen LogP contribution in [0, 0.1) is 0 Å². The molecule has 0 radical (unpaired) electrons. The molecule has 0 bridgehead atoms. The summed E-state index contributed by atoms with van der Waals surface area (Å²) in [6.07, 6.45) is -0.824. The van der Waals surface area contributed by atoms with Crippen molar-refractivity contribution in [3.63, 3.8) is 0 Å². The number of aliphatic carboxylic acids is 1. The molecule has 3 aromatic carbocycles. The lowest BCUT2D eigenvalue weighted by Gasteiger charge is -2.17. The SMILES string of the molecule is O=C(NC(Cc1ccc(COc2cccc(Br)c2)o1)C(=O)O)OCC1c2ccccc2-c2ccccc21. The van der Waals surface area contributed by atoms with Crippen molar-refractivity contribution < 1.29 is 28.6 Å². The third-order valence-corrected chi connectivity index (χ3v) is 6.73. The summed E-state index contributed by atoms with van der Waals surface area (Å²) < 4.78 is 17.8. The van der Waals surface area contributed by atoms with E-state index in [0.29, 0.717) is 17.3 Å². The Kier molecular flexibility index (Phi) is 7.28. The van der Waals surface area contributed by atoms with E-state index in [1.807, 2.05) is 60.7 Å². The Morgan fingerprint density at radius 2 is 1.59 bits per heavy atom. The average Bonchev–Trinajstić information content (AvgIpc) is 3.48. The van der Waals surface area contributed by atoms with E-state index in [0.717, 1.165) is 26.7 Å². The first-order valence-electron chi connectivity index (χ1n) is 11.8. The summed E-state index contributed by atoms with van der Waals surface area (Å²) in [6, 6.07) is 25.6. The molecule has 1 aromatic heterocycles. The van der Waals surface area contributed by atoms with Crippen molar-refractivity contribution in [3.05, 3.63) is 112 Å². The van der Waals surface area contributed by atoms with Crippen LogP contribution in [0.4, 0.5) is 4.79 Å². The van der Waals surface area contributed by atoms with E-state index in [2.05, 4.69) is 33.4 Å². The van der Waals surface area contributed by atoms with Gasteiger partial charge in [0.2, 0.25) is 0 Å². The van der Waals surface area contributed by atoms with Crippen molar-refractivity contribution in [3.8, 4) is 16.9 Å². The first-order valence-corrected chi connectivity index (χ1v) is 12.6. The van der Waals surface area contributed by atoms with Crippen LogP contribution in [-0.4, -0.2) is 29.8 Å². The Labute approximate surface area is 222 Å². The fourth-order valence-electron chi connectivity index (χ4n) is 4.50. The molecule has 188 valence electrons. The maximum atomic E-state index is 12.6. The van der Waals surface area contributed by atoms with Crippen LogP contribution < -0.4 is 10.1 Å². The molecule has 0 fully saturated rings. The molecule has 1 aliphatic rings.